The molecule has 0 N–H and O–H groups in total. The second-order valence-corrected chi connectivity index (χ2v) is 9.18. The fourth-order valence-corrected chi connectivity index (χ4v) is 4.17. The first-order chi connectivity index (χ1) is 13.6. The fraction of sp³-hybridized carbons (Fsp3) is 0.250. The third-order valence-electron chi connectivity index (χ3n) is 3.89. The molecule has 9 nitrogen and oxygen atoms in total. The zero-order chi connectivity index (χ0) is 20.8. The first kappa shape index (κ1) is 19.5. The number of aryl methyl sites for hydroxylation is 1. The van der Waals surface area contributed by atoms with Gasteiger partial charge in [0, 0.05) is 23.6 Å². The molecule has 152 valence electrons. The van der Waals surface area contributed by atoms with Crippen LogP contribution in [-0.2, 0) is 20.9 Å². The van der Waals surface area contributed by atoms with E-state index in [0.29, 0.717) is 28.3 Å². The maximum absolute atomic E-state index is 13.1. The molecule has 4 rings (SSSR count). The first-order valence-electron chi connectivity index (χ1n) is 8.10. The van der Waals surface area contributed by atoms with Crippen LogP contribution in [0.25, 0.3) is 17.0 Å². The fourth-order valence-electron chi connectivity index (χ4n) is 2.68. The van der Waals surface area contributed by atoms with Gasteiger partial charge in [-0.05, 0) is 30.7 Å². The quantitative estimate of drug-likeness (QED) is 0.431. The van der Waals surface area contributed by atoms with E-state index in [9.17, 15) is 13.0 Å². The van der Waals surface area contributed by atoms with Gasteiger partial charge in [-0.1, -0.05) is 10.3 Å². The number of rotatable bonds is 5. The van der Waals surface area contributed by atoms with Crippen molar-refractivity contribution >= 4 is 32.8 Å². The van der Waals surface area contributed by atoms with E-state index in [-0.39, 0.29) is 11.6 Å². The molecule has 1 atom stereocenters. The van der Waals surface area contributed by atoms with Gasteiger partial charge in [0.25, 0.3) is 0 Å². The van der Waals surface area contributed by atoms with Crippen LogP contribution in [0.3, 0.4) is 0 Å². The van der Waals surface area contributed by atoms with Crippen molar-refractivity contribution in [1.29, 1.82) is 0 Å². The molecule has 0 amide bonds. The zero-order valence-electron chi connectivity index (χ0n) is 15.0. The Hall–Kier alpha value is -2.86. The van der Waals surface area contributed by atoms with E-state index < -0.39 is 21.0 Å². The summed E-state index contributed by atoms with van der Waals surface area (Å²) < 4.78 is 54.4. The van der Waals surface area contributed by atoms with Gasteiger partial charge in [-0.25, -0.2) is 9.19 Å². The van der Waals surface area contributed by atoms with Crippen molar-refractivity contribution in [1.82, 2.24) is 24.7 Å². The monoisotopic (exact) mass is 442 g/mol. The van der Waals surface area contributed by atoms with Crippen LogP contribution in [0.5, 0.6) is 0 Å². The van der Waals surface area contributed by atoms with Crippen molar-refractivity contribution in [3.05, 3.63) is 47.9 Å². The number of alkyl halides is 3. The Bertz CT molecular complexity index is 1300. The number of imidazole rings is 1. The molecule has 0 radical (unpaired) electrons. The zero-order valence-corrected chi connectivity index (χ0v) is 16.6. The van der Waals surface area contributed by atoms with Crippen molar-refractivity contribution in [3.8, 4) is 11.4 Å². The molecule has 4 aromatic heterocycles. The first-order valence-corrected chi connectivity index (χ1v) is 10.6. The molecule has 0 fully saturated rings. The summed E-state index contributed by atoms with van der Waals surface area (Å²) >= 11 is 4.90. The minimum atomic E-state index is -3.75. The Balaban J connectivity index is 1.73. The van der Waals surface area contributed by atoms with Gasteiger partial charge >= 0.3 is 11.3 Å². The Morgan fingerprint density at radius 2 is 2.17 bits per heavy atom. The summed E-state index contributed by atoms with van der Waals surface area (Å²) in [6.07, 6.45) is 6.03. The Morgan fingerprint density at radius 3 is 2.83 bits per heavy atom. The van der Waals surface area contributed by atoms with Crippen LogP contribution in [0, 0.1) is 6.92 Å². The van der Waals surface area contributed by atoms with Gasteiger partial charge in [-0.2, -0.15) is 18.1 Å². The summed E-state index contributed by atoms with van der Waals surface area (Å²) in [6, 6.07) is 3.15. The highest BCUT2D eigenvalue weighted by atomic mass is 35.5. The normalized spacial score (nSPS) is 14.2. The second-order valence-electron chi connectivity index (χ2n) is 6.31. The van der Waals surface area contributed by atoms with Crippen molar-refractivity contribution < 1.29 is 22.0 Å². The van der Waals surface area contributed by atoms with E-state index >= 15 is 0 Å². The molecule has 0 spiro atoms. The van der Waals surface area contributed by atoms with Crippen LogP contribution in [0.1, 0.15) is 17.1 Å². The predicted molar refractivity (Wildman–Crippen MR) is 99.3 cm³/mol. The summed E-state index contributed by atoms with van der Waals surface area (Å²) in [6.45, 7) is 1.72. The molecule has 0 aliphatic heterocycles. The van der Waals surface area contributed by atoms with Gasteiger partial charge in [0.1, 0.15) is 11.9 Å². The lowest BCUT2D eigenvalue weighted by atomic mass is 10.2. The Kier molecular flexibility index (Phi) is 4.62. The maximum Gasteiger partial charge on any atom is 0.400 e. The molecule has 4 aromatic rings. The topological polar surface area (TPSA) is 112 Å². The van der Waals surface area contributed by atoms with Crippen LogP contribution >= 0.6 is 11.6 Å². The number of hydrogen-bond acceptors (Lipinski definition) is 8. The van der Waals surface area contributed by atoms with Crippen LogP contribution in [0.15, 0.2) is 44.2 Å². The van der Waals surface area contributed by atoms with Gasteiger partial charge in [0.2, 0.25) is 5.82 Å². The number of aromatic nitrogens is 5. The number of hydrogen-bond donors (Lipinski definition) is 0. The van der Waals surface area contributed by atoms with Gasteiger partial charge in [0.05, 0.1) is 27.4 Å². The van der Waals surface area contributed by atoms with E-state index in [4.69, 9.17) is 16.1 Å². The van der Waals surface area contributed by atoms with E-state index in [1.807, 2.05) is 0 Å². The molecule has 4 heterocycles. The lowest BCUT2D eigenvalue weighted by Gasteiger charge is -2.03. The van der Waals surface area contributed by atoms with Crippen molar-refractivity contribution in [2.45, 2.75) is 18.1 Å². The van der Waals surface area contributed by atoms with Crippen LogP contribution in [-0.4, -0.2) is 35.1 Å². The average Bonchev–Trinajstić information content (AvgIpc) is 3.35. The van der Waals surface area contributed by atoms with E-state index in [1.165, 1.54) is 18.7 Å². The standard InChI is InChI=1S/C16H13ClF2N6O3S/c1-9-14(24-29(2,26)8-10-6-20-27-7-10)25-4-3-11(5-12(25)21-9)13-22-15(28-23-13)16(17,18)19/h3-7H,8H2,1-2H3. The molecule has 0 aliphatic rings. The highest BCUT2D eigenvalue weighted by molar-refractivity contribution is 7.92. The van der Waals surface area contributed by atoms with Crippen LogP contribution in [0.2, 0.25) is 0 Å². The molecule has 0 saturated heterocycles. The highest BCUT2D eigenvalue weighted by Crippen LogP contribution is 2.32. The molecule has 13 heteroatoms. The van der Waals surface area contributed by atoms with Crippen molar-refractivity contribution in [2.24, 2.45) is 4.36 Å². The third-order valence-corrected chi connectivity index (χ3v) is 5.48. The minimum absolute atomic E-state index is 0.0614. The van der Waals surface area contributed by atoms with Gasteiger partial charge in [0.15, 0.2) is 5.82 Å². The van der Waals surface area contributed by atoms with Crippen LogP contribution < -0.4 is 0 Å². The van der Waals surface area contributed by atoms with Crippen molar-refractivity contribution in [3.63, 3.8) is 0 Å². The van der Waals surface area contributed by atoms with E-state index in [1.54, 1.807) is 29.7 Å². The van der Waals surface area contributed by atoms with Gasteiger partial charge in [-0.3, -0.25) is 4.40 Å². The van der Waals surface area contributed by atoms with Crippen molar-refractivity contribution in [2.75, 3.05) is 6.26 Å². The SMILES string of the molecule is Cc1nc2cc(-c3noc(C(F)(F)Cl)n3)ccn2c1N=S(C)(=O)Cc1cnoc1. The number of halogens is 3. The molecule has 29 heavy (non-hydrogen) atoms. The van der Waals surface area contributed by atoms with Crippen LogP contribution in [0.4, 0.5) is 14.6 Å². The van der Waals surface area contributed by atoms with Gasteiger partial charge in [-0.15, -0.1) is 0 Å². The lowest BCUT2D eigenvalue weighted by molar-refractivity contribution is 0.0551. The minimum Gasteiger partial charge on any atom is -0.364 e. The Morgan fingerprint density at radius 1 is 1.38 bits per heavy atom. The largest absolute Gasteiger partial charge is 0.400 e. The summed E-state index contributed by atoms with van der Waals surface area (Å²) in [7, 11) is -2.64. The predicted octanol–water partition coefficient (Wildman–Crippen LogP) is 3.90. The van der Waals surface area contributed by atoms with E-state index in [2.05, 4.69) is 29.2 Å². The Labute approximate surface area is 167 Å². The number of nitrogens with zero attached hydrogens (tertiary/aromatic N) is 6. The summed E-state index contributed by atoms with van der Waals surface area (Å²) in [5.74, 6) is -0.478. The molecule has 1 unspecified atom stereocenters. The molecule has 0 bridgehead atoms. The average molecular weight is 443 g/mol. The summed E-state index contributed by atoms with van der Waals surface area (Å²) in [5, 5.41) is 3.36. The molecular weight excluding hydrogens is 430 g/mol. The third kappa shape index (κ3) is 3.98. The highest BCUT2D eigenvalue weighted by Gasteiger charge is 2.35. The maximum atomic E-state index is 13.1. The summed E-state index contributed by atoms with van der Waals surface area (Å²) in [5.41, 5.74) is 2.05. The van der Waals surface area contributed by atoms with E-state index in [0.717, 1.165) is 0 Å². The van der Waals surface area contributed by atoms with Gasteiger partial charge < -0.3 is 9.05 Å². The molecular formula is C16H13ClF2N6O3S. The summed E-state index contributed by atoms with van der Waals surface area (Å²) in [4.78, 5) is 8.00. The lowest BCUT2D eigenvalue weighted by Crippen LogP contribution is -2.03. The second kappa shape index (κ2) is 6.88. The number of pyridine rings is 1. The molecule has 0 aromatic carbocycles. The molecule has 0 aliphatic carbocycles. The number of fused-ring (bicyclic) bond motifs is 1. The molecule has 0 saturated carbocycles. The smallest absolute Gasteiger partial charge is 0.364 e.